The topological polar surface area (TPSA) is 46.1 Å². The molecule has 0 aromatic carbocycles. The number of carbonyl (C=O) groups excluding carboxylic acids is 1. The van der Waals surface area contributed by atoms with Crippen molar-refractivity contribution in [3.05, 3.63) is 5.82 Å². The molecule has 2 heterocycles. The molecule has 4 nitrogen and oxygen atoms in total. The number of carbonyl (C=O) groups is 1. The first-order valence-corrected chi connectivity index (χ1v) is 6.63. The fourth-order valence-corrected chi connectivity index (χ4v) is 2.74. The summed E-state index contributed by atoms with van der Waals surface area (Å²) >= 11 is 1.46. The quantitative estimate of drug-likeness (QED) is 0.753. The molecule has 0 aliphatic carbocycles. The van der Waals surface area contributed by atoms with Crippen LogP contribution in [0, 0.1) is 5.92 Å². The monoisotopic (exact) mass is 239 g/mol. The number of aldehydes is 1. The molecule has 5 heteroatoms. The fourth-order valence-electron chi connectivity index (χ4n) is 1.99. The van der Waals surface area contributed by atoms with Gasteiger partial charge in [0.25, 0.3) is 0 Å². The SMILES string of the molecule is CCCc1nsc(N2CCCC(C=O)C2)n1. The lowest BCUT2D eigenvalue weighted by molar-refractivity contribution is -0.111. The standard InChI is InChI=1S/C11H17N3OS/c1-2-4-10-12-11(16-13-10)14-6-3-5-9(7-14)8-15/h8-9H,2-7H2,1H3. The van der Waals surface area contributed by atoms with Crippen molar-refractivity contribution in [2.45, 2.75) is 32.6 Å². The lowest BCUT2D eigenvalue weighted by atomic mass is 10.0. The van der Waals surface area contributed by atoms with E-state index in [2.05, 4.69) is 21.2 Å². The number of rotatable bonds is 4. The normalized spacial score (nSPS) is 21.1. The summed E-state index contributed by atoms with van der Waals surface area (Å²) in [5.74, 6) is 1.11. The Morgan fingerprint density at radius 2 is 2.50 bits per heavy atom. The molecule has 2 rings (SSSR count). The third-order valence-electron chi connectivity index (χ3n) is 2.85. The number of piperidine rings is 1. The number of nitrogens with zero attached hydrogens (tertiary/aromatic N) is 3. The van der Waals surface area contributed by atoms with Crippen LogP contribution in [0.15, 0.2) is 0 Å². The molecule has 1 aromatic rings. The summed E-state index contributed by atoms with van der Waals surface area (Å²) in [5.41, 5.74) is 0. The van der Waals surface area contributed by atoms with Gasteiger partial charge in [-0.1, -0.05) is 6.92 Å². The van der Waals surface area contributed by atoms with Gasteiger partial charge >= 0.3 is 0 Å². The average Bonchev–Trinajstić information content (AvgIpc) is 2.78. The summed E-state index contributed by atoms with van der Waals surface area (Å²) in [7, 11) is 0. The molecular formula is C11H17N3OS. The van der Waals surface area contributed by atoms with E-state index < -0.39 is 0 Å². The van der Waals surface area contributed by atoms with Gasteiger partial charge in [0.05, 0.1) is 0 Å². The maximum Gasteiger partial charge on any atom is 0.205 e. The van der Waals surface area contributed by atoms with Crippen LogP contribution in [-0.2, 0) is 11.2 Å². The van der Waals surface area contributed by atoms with Crippen molar-refractivity contribution in [1.82, 2.24) is 9.36 Å². The number of aromatic nitrogens is 2. The molecule has 88 valence electrons. The summed E-state index contributed by atoms with van der Waals surface area (Å²) < 4.78 is 4.33. The predicted molar refractivity (Wildman–Crippen MR) is 64.9 cm³/mol. The minimum absolute atomic E-state index is 0.173. The van der Waals surface area contributed by atoms with Gasteiger partial charge < -0.3 is 9.69 Å². The van der Waals surface area contributed by atoms with E-state index in [1.54, 1.807) is 0 Å². The van der Waals surface area contributed by atoms with Crippen LogP contribution in [0.1, 0.15) is 32.0 Å². The van der Waals surface area contributed by atoms with Crippen molar-refractivity contribution in [2.24, 2.45) is 5.92 Å². The molecule has 1 saturated heterocycles. The predicted octanol–water partition coefficient (Wildman–Crippen LogP) is 1.91. The van der Waals surface area contributed by atoms with Crippen molar-refractivity contribution in [3.8, 4) is 0 Å². The highest BCUT2D eigenvalue weighted by Crippen LogP contribution is 2.24. The highest BCUT2D eigenvalue weighted by molar-refractivity contribution is 7.09. The second kappa shape index (κ2) is 5.39. The Morgan fingerprint density at radius 1 is 1.62 bits per heavy atom. The highest BCUT2D eigenvalue weighted by Gasteiger charge is 2.21. The van der Waals surface area contributed by atoms with Gasteiger partial charge in [-0.25, -0.2) is 4.98 Å². The molecule has 0 bridgehead atoms. The molecule has 1 fully saturated rings. The van der Waals surface area contributed by atoms with Crippen LogP contribution in [0.3, 0.4) is 0 Å². The number of hydrogen-bond donors (Lipinski definition) is 0. The van der Waals surface area contributed by atoms with Crippen molar-refractivity contribution < 1.29 is 4.79 Å². The minimum atomic E-state index is 0.173. The molecule has 16 heavy (non-hydrogen) atoms. The third kappa shape index (κ3) is 2.58. The Labute approximate surface area is 99.9 Å². The molecule has 0 saturated carbocycles. The van der Waals surface area contributed by atoms with E-state index in [1.807, 2.05) is 0 Å². The molecule has 1 unspecified atom stereocenters. The summed E-state index contributed by atoms with van der Waals surface area (Å²) in [6, 6.07) is 0. The highest BCUT2D eigenvalue weighted by atomic mass is 32.1. The summed E-state index contributed by atoms with van der Waals surface area (Å²) in [4.78, 5) is 17.5. The molecule has 0 amide bonds. The Morgan fingerprint density at radius 3 is 3.25 bits per heavy atom. The lowest BCUT2D eigenvalue weighted by Gasteiger charge is -2.29. The summed E-state index contributed by atoms with van der Waals surface area (Å²) in [5, 5.41) is 0.981. The minimum Gasteiger partial charge on any atom is -0.346 e. The molecule has 1 atom stereocenters. The molecule has 1 aromatic heterocycles. The van der Waals surface area contributed by atoms with Crippen LogP contribution < -0.4 is 4.90 Å². The van der Waals surface area contributed by atoms with E-state index >= 15 is 0 Å². The van der Waals surface area contributed by atoms with Crippen molar-refractivity contribution in [1.29, 1.82) is 0 Å². The van der Waals surface area contributed by atoms with Crippen molar-refractivity contribution >= 4 is 23.0 Å². The van der Waals surface area contributed by atoms with Crippen LogP contribution in [0.2, 0.25) is 0 Å². The van der Waals surface area contributed by atoms with Gasteiger partial charge in [-0.15, -0.1) is 0 Å². The van der Waals surface area contributed by atoms with Gasteiger partial charge in [0.15, 0.2) is 0 Å². The van der Waals surface area contributed by atoms with Gasteiger partial charge in [0.2, 0.25) is 5.13 Å². The molecule has 1 aliphatic rings. The maximum atomic E-state index is 10.8. The lowest BCUT2D eigenvalue weighted by Crippen LogP contribution is -2.35. The van der Waals surface area contributed by atoms with Gasteiger partial charge in [-0.05, 0) is 19.3 Å². The van der Waals surface area contributed by atoms with Crippen LogP contribution in [0.5, 0.6) is 0 Å². The third-order valence-corrected chi connectivity index (χ3v) is 3.67. The molecule has 0 radical (unpaired) electrons. The van der Waals surface area contributed by atoms with E-state index in [0.29, 0.717) is 0 Å². The van der Waals surface area contributed by atoms with Crippen LogP contribution in [-0.4, -0.2) is 28.7 Å². The first kappa shape index (κ1) is 11.5. The second-order valence-corrected chi connectivity index (χ2v) is 4.96. The molecule has 1 aliphatic heterocycles. The van der Waals surface area contributed by atoms with Crippen LogP contribution in [0.4, 0.5) is 5.13 Å². The van der Waals surface area contributed by atoms with Crippen LogP contribution in [0.25, 0.3) is 0 Å². The molecule has 0 N–H and O–H groups in total. The van der Waals surface area contributed by atoms with Gasteiger partial charge in [0.1, 0.15) is 12.1 Å². The summed E-state index contributed by atoms with van der Waals surface area (Å²) in [6.07, 6.45) is 5.18. The Hall–Kier alpha value is -0.970. The molecular weight excluding hydrogens is 222 g/mol. The number of hydrogen-bond acceptors (Lipinski definition) is 5. The van der Waals surface area contributed by atoms with Gasteiger partial charge in [0, 0.05) is 37.0 Å². The van der Waals surface area contributed by atoms with Crippen molar-refractivity contribution in [3.63, 3.8) is 0 Å². The number of aryl methyl sites for hydroxylation is 1. The van der Waals surface area contributed by atoms with Crippen LogP contribution >= 0.6 is 11.5 Å². The largest absolute Gasteiger partial charge is 0.346 e. The van der Waals surface area contributed by atoms with E-state index in [4.69, 9.17) is 0 Å². The Bertz CT molecular complexity index is 353. The Balaban J connectivity index is 2.02. The zero-order chi connectivity index (χ0) is 11.4. The van der Waals surface area contributed by atoms with Crippen molar-refractivity contribution in [2.75, 3.05) is 18.0 Å². The fraction of sp³-hybridized carbons (Fsp3) is 0.727. The average molecular weight is 239 g/mol. The number of anilines is 1. The first-order valence-electron chi connectivity index (χ1n) is 5.86. The smallest absolute Gasteiger partial charge is 0.205 e. The Kier molecular flexibility index (Phi) is 3.88. The summed E-state index contributed by atoms with van der Waals surface area (Å²) in [6.45, 7) is 3.94. The van der Waals surface area contributed by atoms with E-state index in [9.17, 15) is 4.79 Å². The first-order chi connectivity index (χ1) is 7.83. The van der Waals surface area contributed by atoms with Gasteiger partial charge in [-0.2, -0.15) is 4.37 Å². The van der Waals surface area contributed by atoms with E-state index in [0.717, 1.165) is 56.0 Å². The van der Waals surface area contributed by atoms with E-state index in [-0.39, 0.29) is 5.92 Å². The van der Waals surface area contributed by atoms with Gasteiger partial charge in [-0.3, -0.25) is 0 Å². The zero-order valence-corrected chi connectivity index (χ0v) is 10.4. The second-order valence-electron chi connectivity index (χ2n) is 4.23. The maximum absolute atomic E-state index is 10.8. The zero-order valence-electron chi connectivity index (χ0n) is 9.56. The van der Waals surface area contributed by atoms with E-state index in [1.165, 1.54) is 11.5 Å². The molecule has 0 spiro atoms.